The maximum Gasteiger partial charge on any atom is 0.408 e. The highest BCUT2D eigenvalue weighted by Gasteiger charge is 2.53. The molecule has 1 amide bonds. The molecule has 7 nitrogen and oxygen atoms in total. The van der Waals surface area contributed by atoms with Crippen LogP contribution in [0.3, 0.4) is 0 Å². The zero-order chi connectivity index (χ0) is 17.7. The predicted octanol–water partition coefficient (Wildman–Crippen LogP) is 2.74. The highest BCUT2D eigenvalue weighted by Crippen LogP contribution is 2.49. The molecule has 1 saturated heterocycles. The van der Waals surface area contributed by atoms with E-state index in [1.165, 1.54) is 15.5 Å². The molecule has 0 radical (unpaired) electrons. The van der Waals surface area contributed by atoms with Crippen LogP contribution in [0.1, 0.15) is 51.4 Å². The summed E-state index contributed by atoms with van der Waals surface area (Å²) >= 11 is 0. The monoisotopic (exact) mass is 332 g/mol. The number of H-pyrrole nitrogens is 1. The Bertz CT molecular complexity index is 846. The number of nitrogens with zero attached hydrogens (tertiary/aromatic N) is 3. The minimum absolute atomic E-state index is 0.214. The van der Waals surface area contributed by atoms with Gasteiger partial charge in [-0.2, -0.15) is 9.61 Å². The molecule has 130 valence electrons. The van der Waals surface area contributed by atoms with E-state index in [9.17, 15) is 14.7 Å². The quantitative estimate of drug-likeness (QED) is 0.840. The average molecular weight is 332 g/mol. The number of rotatable bonds is 1. The second-order valence-electron chi connectivity index (χ2n) is 7.62. The molecular weight excluding hydrogens is 308 g/mol. The van der Waals surface area contributed by atoms with Gasteiger partial charge in [0.05, 0.1) is 11.2 Å². The van der Waals surface area contributed by atoms with E-state index in [0.29, 0.717) is 24.3 Å². The summed E-state index contributed by atoms with van der Waals surface area (Å²) in [4.78, 5) is 28.8. The standard InChI is InChI=1S/C17H24N4O3/c1-11-9-14(22)21-13(18-11)10-12(19-21)17(16(2,3)4)7-5-6-8-20(17)15(23)24/h9-10,18H,5-8H2,1-4H3,(H,23,24)/t17-/m1/s1. The summed E-state index contributed by atoms with van der Waals surface area (Å²) in [6.07, 6.45) is 1.53. The molecule has 1 atom stereocenters. The maximum absolute atomic E-state index is 12.2. The number of likely N-dealkylation sites (tertiary alicyclic amines) is 1. The molecule has 0 unspecified atom stereocenters. The van der Waals surface area contributed by atoms with Crippen LogP contribution >= 0.6 is 0 Å². The van der Waals surface area contributed by atoms with Gasteiger partial charge in [-0.05, 0) is 31.6 Å². The number of carbonyl (C=O) groups is 1. The third-order valence-corrected chi connectivity index (χ3v) is 5.11. The van der Waals surface area contributed by atoms with Crippen molar-refractivity contribution in [3.8, 4) is 0 Å². The molecule has 2 aromatic rings. The molecule has 3 heterocycles. The van der Waals surface area contributed by atoms with Crippen molar-refractivity contribution in [3.05, 3.63) is 33.9 Å². The van der Waals surface area contributed by atoms with Gasteiger partial charge in [0, 0.05) is 24.4 Å². The van der Waals surface area contributed by atoms with Gasteiger partial charge in [0.1, 0.15) is 5.65 Å². The number of aryl methyl sites for hydroxylation is 1. The number of amides is 1. The summed E-state index contributed by atoms with van der Waals surface area (Å²) in [5.41, 5.74) is 0.654. The largest absolute Gasteiger partial charge is 0.465 e. The first-order valence-corrected chi connectivity index (χ1v) is 8.27. The van der Waals surface area contributed by atoms with Crippen LogP contribution in [-0.4, -0.2) is 37.2 Å². The van der Waals surface area contributed by atoms with Gasteiger partial charge in [-0.15, -0.1) is 0 Å². The fourth-order valence-corrected chi connectivity index (χ4v) is 3.99. The molecule has 0 aliphatic carbocycles. The molecule has 0 aromatic carbocycles. The lowest BCUT2D eigenvalue weighted by atomic mass is 9.66. The van der Waals surface area contributed by atoms with Crippen molar-refractivity contribution < 1.29 is 9.90 Å². The van der Waals surface area contributed by atoms with Crippen LogP contribution in [0, 0.1) is 12.3 Å². The highest BCUT2D eigenvalue weighted by molar-refractivity contribution is 5.67. The van der Waals surface area contributed by atoms with Gasteiger partial charge in [0.2, 0.25) is 0 Å². The van der Waals surface area contributed by atoms with E-state index in [4.69, 9.17) is 0 Å². The van der Waals surface area contributed by atoms with Crippen LogP contribution in [0.4, 0.5) is 4.79 Å². The molecule has 7 heteroatoms. The van der Waals surface area contributed by atoms with Crippen LogP contribution in [-0.2, 0) is 5.54 Å². The molecule has 0 spiro atoms. The molecule has 1 aliphatic heterocycles. The van der Waals surface area contributed by atoms with Gasteiger partial charge in [0.25, 0.3) is 5.56 Å². The summed E-state index contributed by atoms with van der Waals surface area (Å²) in [7, 11) is 0. The molecule has 2 N–H and O–H groups in total. The first-order valence-electron chi connectivity index (χ1n) is 8.27. The van der Waals surface area contributed by atoms with Crippen molar-refractivity contribution >= 4 is 11.7 Å². The number of aromatic nitrogens is 3. The lowest BCUT2D eigenvalue weighted by molar-refractivity contribution is -0.0324. The van der Waals surface area contributed by atoms with Gasteiger partial charge in [0.15, 0.2) is 0 Å². The summed E-state index contributed by atoms with van der Waals surface area (Å²) in [5.74, 6) is 0. The van der Waals surface area contributed by atoms with Gasteiger partial charge >= 0.3 is 6.09 Å². The van der Waals surface area contributed by atoms with E-state index in [2.05, 4.69) is 10.1 Å². The van der Waals surface area contributed by atoms with Gasteiger partial charge in [-0.3, -0.25) is 9.69 Å². The minimum atomic E-state index is -0.941. The molecule has 2 aromatic heterocycles. The zero-order valence-corrected chi connectivity index (χ0v) is 14.6. The Labute approximate surface area is 140 Å². The van der Waals surface area contributed by atoms with Crippen molar-refractivity contribution in [1.29, 1.82) is 0 Å². The second-order valence-corrected chi connectivity index (χ2v) is 7.62. The van der Waals surface area contributed by atoms with E-state index in [-0.39, 0.29) is 11.0 Å². The van der Waals surface area contributed by atoms with E-state index >= 15 is 0 Å². The normalized spacial score (nSPS) is 22.1. The second kappa shape index (κ2) is 5.36. The smallest absolute Gasteiger partial charge is 0.408 e. The fraction of sp³-hybridized carbons (Fsp3) is 0.588. The molecule has 1 aliphatic rings. The van der Waals surface area contributed by atoms with Crippen molar-refractivity contribution in [2.24, 2.45) is 5.41 Å². The number of piperidine rings is 1. The predicted molar refractivity (Wildman–Crippen MR) is 90.3 cm³/mol. The molecule has 0 bridgehead atoms. The van der Waals surface area contributed by atoms with E-state index in [1.807, 2.05) is 33.8 Å². The number of hydrogen-bond donors (Lipinski definition) is 2. The molecular formula is C17H24N4O3. The lowest BCUT2D eigenvalue weighted by Gasteiger charge is -2.52. The molecule has 24 heavy (non-hydrogen) atoms. The average Bonchev–Trinajstić information content (AvgIpc) is 2.90. The molecule has 1 fully saturated rings. The Hall–Kier alpha value is -2.31. The third-order valence-electron chi connectivity index (χ3n) is 5.11. The Morgan fingerprint density at radius 2 is 2.04 bits per heavy atom. The number of aromatic amines is 1. The number of nitrogens with one attached hydrogen (secondary N) is 1. The first kappa shape index (κ1) is 16.5. The SMILES string of the molecule is Cc1cc(=O)n2nc([C@@]3(C(C)(C)C)CCCCN3C(=O)O)cc2[nH]1. The van der Waals surface area contributed by atoms with Crippen molar-refractivity contribution in [3.63, 3.8) is 0 Å². The summed E-state index contributed by atoms with van der Waals surface area (Å²) in [5, 5.41) is 14.3. The van der Waals surface area contributed by atoms with Crippen molar-refractivity contribution in [1.82, 2.24) is 19.5 Å². The van der Waals surface area contributed by atoms with Crippen LogP contribution in [0.5, 0.6) is 0 Å². The Balaban J connectivity index is 2.29. The third kappa shape index (κ3) is 2.30. The van der Waals surface area contributed by atoms with Crippen LogP contribution in [0.2, 0.25) is 0 Å². The van der Waals surface area contributed by atoms with Crippen molar-refractivity contribution in [2.75, 3.05) is 6.54 Å². The van der Waals surface area contributed by atoms with Crippen LogP contribution < -0.4 is 5.56 Å². The van der Waals surface area contributed by atoms with Gasteiger partial charge in [-0.25, -0.2) is 4.79 Å². The maximum atomic E-state index is 12.2. The van der Waals surface area contributed by atoms with E-state index in [0.717, 1.165) is 18.5 Å². The summed E-state index contributed by atoms with van der Waals surface area (Å²) < 4.78 is 1.32. The first-order chi connectivity index (χ1) is 11.2. The van der Waals surface area contributed by atoms with Gasteiger partial charge in [-0.1, -0.05) is 20.8 Å². The molecule has 0 saturated carbocycles. The minimum Gasteiger partial charge on any atom is -0.465 e. The lowest BCUT2D eigenvalue weighted by Crippen LogP contribution is -2.59. The van der Waals surface area contributed by atoms with E-state index < -0.39 is 11.6 Å². The topological polar surface area (TPSA) is 90.7 Å². The highest BCUT2D eigenvalue weighted by atomic mass is 16.4. The number of fused-ring (bicyclic) bond motifs is 1. The summed E-state index contributed by atoms with van der Waals surface area (Å²) in [6.45, 7) is 8.40. The van der Waals surface area contributed by atoms with Crippen LogP contribution in [0.15, 0.2) is 16.9 Å². The Morgan fingerprint density at radius 3 is 2.67 bits per heavy atom. The van der Waals surface area contributed by atoms with Crippen LogP contribution in [0.25, 0.3) is 5.65 Å². The number of carboxylic acid groups (broad SMARTS) is 1. The van der Waals surface area contributed by atoms with Crippen molar-refractivity contribution in [2.45, 2.75) is 52.5 Å². The number of hydrogen-bond acceptors (Lipinski definition) is 3. The molecule has 3 rings (SSSR count). The fourth-order valence-electron chi connectivity index (χ4n) is 3.99. The Morgan fingerprint density at radius 1 is 1.33 bits per heavy atom. The van der Waals surface area contributed by atoms with Gasteiger partial charge < -0.3 is 10.1 Å². The summed E-state index contributed by atoms with van der Waals surface area (Å²) in [6, 6.07) is 3.31. The van der Waals surface area contributed by atoms with E-state index in [1.54, 1.807) is 0 Å². The Kier molecular flexibility index (Phi) is 3.69. The zero-order valence-electron chi connectivity index (χ0n) is 14.6.